The molecule has 1 N–H and O–H groups in total. The summed E-state index contributed by atoms with van der Waals surface area (Å²) in [6.45, 7) is 1.85. The normalized spacial score (nSPS) is 10.8. The molecule has 3 aromatic rings. The average Bonchev–Trinajstić information content (AvgIpc) is 3.06. The number of nitrogens with zero attached hydrogens (tertiary/aromatic N) is 4. The lowest BCUT2D eigenvalue weighted by Crippen LogP contribution is -2.14. The van der Waals surface area contributed by atoms with Gasteiger partial charge in [0.2, 0.25) is 0 Å². The lowest BCUT2D eigenvalue weighted by Gasteiger charge is -2.01. The Morgan fingerprint density at radius 3 is 2.70 bits per heavy atom. The molecule has 3 rings (SSSR count). The summed E-state index contributed by atoms with van der Waals surface area (Å²) in [6, 6.07) is 4.15. The standard InChI is InChI=1S/C14H11F2N5O2/c1-7-5-11(20-21(7)2)13-18-19-14(23-13)17-12(22)9-4-3-8(15)6-10(9)16/h3-6H,1-2H3,(H,17,19,22). The zero-order valence-corrected chi connectivity index (χ0v) is 12.2. The third kappa shape index (κ3) is 2.93. The van der Waals surface area contributed by atoms with E-state index in [-0.39, 0.29) is 17.5 Å². The maximum Gasteiger partial charge on any atom is 0.322 e. The average molecular weight is 319 g/mol. The van der Waals surface area contributed by atoms with Crippen LogP contribution in [-0.2, 0) is 7.05 Å². The highest BCUT2D eigenvalue weighted by molar-refractivity contribution is 6.03. The third-order valence-electron chi connectivity index (χ3n) is 3.15. The largest absolute Gasteiger partial charge is 0.401 e. The van der Waals surface area contributed by atoms with Gasteiger partial charge in [-0.1, -0.05) is 5.10 Å². The zero-order valence-electron chi connectivity index (χ0n) is 12.2. The molecule has 7 nitrogen and oxygen atoms in total. The summed E-state index contributed by atoms with van der Waals surface area (Å²) in [4.78, 5) is 11.9. The number of aromatic nitrogens is 4. The molecule has 1 aromatic carbocycles. The monoisotopic (exact) mass is 319 g/mol. The van der Waals surface area contributed by atoms with Gasteiger partial charge in [-0.25, -0.2) is 8.78 Å². The fraction of sp³-hybridized carbons (Fsp3) is 0.143. The minimum atomic E-state index is -0.984. The minimum absolute atomic E-state index is 0.114. The van der Waals surface area contributed by atoms with Gasteiger partial charge < -0.3 is 4.42 Å². The number of anilines is 1. The molecule has 118 valence electrons. The number of halogens is 2. The Bertz CT molecular complexity index is 868. The van der Waals surface area contributed by atoms with E-state index >= 15 is 0 Å². The Hall–Kier alpha value is -3.10. The Kier molecular flexibility index (Phi) is 3.61. The lowest BCUT2D eigenvalue weighted by atomic mass is 10.2. The zero-order chi connectivity index (χ0) is 16.6. The van der Waals surface area contributed by atoms with Crippen molar-refractivity contribution in [1.82, 2.24) is 20.0 Å². The van der Waals surface area contributed by atoms with Crippen LogP contribution in [-0.4, -0.2) is 25.9 Å². The number of benzene rings is 1. The Labute approximate surface area is 128 Å². The number of carbonyl (C=O) groups excluding carboxylic acids is 1. The Balaban J connectivity index is 1.80. The van der Waals surface area contributed by atoms with E-state index < -0.39 is 17.5 Å². The molecule has 0 spiro atoms. The van der Waals surface area contributed by atoms with Crippen LogP contribution in [0.1, 0.15) is 16.1 Å². The van der Waals surface area contributed by atoms with Gasteiger partial charge in [0.25, 0.3) is 11.8 Å². The van der Waals surface area contributed by atoms with Crippen LogP contribution in [0.3, 0.4) is 0 Å². The van der Waals surface area contributed by atoms with E-state index in [1.807, 2.05) is 6.92 Å². The molecule has 0 saturated carbocycles. The van der Waals surface area contributed by atoms with Crippen molar-refractivity contribution in [1.29, 1.82) is 0 Å². The summed E-state index contributed by atoms with van der Waals surface area (Å²) < 4.78 is 33.3. The molecule has 0 atom stereocenters. The van der Waals surface area contributed by atoms with Gasteiger partial charge in [-0.15, -0.1) is 5.10 Å². The highest BCUT2D eigenvalue weighted by Crippen LogP contribution is 2.20. The fourth-order valence-corrected chi connectivity index (χ4v) is 1.88. The first-order valence-corrected chi connectivity index (χ1v) is 6.55. The van der Waals surface area contributed by atoms with Crippen molar-refractivity contribution in [3.05, 3.63) is 47.2 Å². The second-order valence-corrected chi connectivity index (χ2v) is 4.79. The molecule has 0 unspecified atom stereocenters. The predicted molar refractivity (Wildman–Crippen MR) is 75.5 cm³/mol. The van der Waals surface area contributed by atoms with Crippen molar-refractivity contribution in [2.24, 2.45) is 7.05 Å². The van der Waals surface area contributed by atoms with Crippen LogP contribution in [0.4, 0.5) is 14.8 Å². The molecule has 0 saturated heterocycles. The SMILES string of the molecule is Cc1cc(-c2nnc(NC(=O)c3ccc(F)cc3F)o2)nn1C. The van der Waals surface area contributed by atoms with Crippen LogP contribution >= 0.6 is 0 Å². The van der Waals surface area contributed by atoms with E-state index in [9.17, 15) is 13.6 Å². The molecule has 0 aliphatic carbocycles. The molecule has 0 fully saturated rings. The first-order valence-electron chi connectivity index (χ1n) is 6.55. The van der Waals surface area contributed by atoms with Crippen molar-refractivity contribution >= 4 is 11.9 Å². The first-order chi connectivity index (χ1) is 10.9. The molecule has 2 aromatic heterocycles. The van der Waals surface area contributed by atoms with Crippen molar-refractivity contribution < 1.29 is 18.0 Å². The van der Waals surface area contributed by atoms with E-state index in [1.54, 1.807) is 17.8 Å². The Morgan fingerprint density at radius 1 is 1.26 bits per heavy atom. The van der Waals surface area contributed by atoms with E-state index in [0.29, 0.717) is 11.8 Å². The number of rotatable bonds is 3. The molecule has 1 amide bonds. The number of hydrogen-bond donors (Lipinski definition) is 1. The third-order valence-corrected chi connectivity index (χ3v) is 3.15. The van der Waals surface area contributed by atoms with Crippen LogP contribution in [0.25, 0.3) is 11.6 Å². The molecule has 0 bridgehead atoms. The first kappa shape index (κ1) is 14.8. The van der Waals surface area contributed by atoms with Crippen molar-refractivity contribution in [3.63, 3.8) is 0 Å². The molecular formula is C14H11F2N5O2. The molecule has 0 aliphatic rings. The van der Waals surface area contributed by atoms with Crippen LogP contribution in [0.2, 0.25) is 0 Å². The summed E-state index contributed by atoms with van der Waals surface area (Å²) in [5.74, 6) is -2.47. The molecule has 0 radical (unpaired) electrons. The number of nitrogens with one attached hydrogen (secondary N) is 1. The second kappa shape index (κ2) is 5.59. The van der Waals surface area contributed by atoms with Crippen molar-refractivity contribution in [2.45, 2.75) is 6.92 Å². The van der Waals surface area contributed by atoms with E-state index in [1.165, 1.54) is 0 Å². The maximum absolute atomic E-state index is 13.5. The number of aryl methyl sites for hydroxylation is 2. The van der Waals surface area contributed by atoms with Crippen LogP contribution in [0, 0.1) is 18.6 Å². The van der Waals surface area contributed by atoms with Gasteiger partial charge in [0.05, 0.1) is 5.56 Å². The van der Waals surface area contributed by atoms with Crippen molar-refractivity contribution in [2.75, 3.05) is 5.32 Å². The minimum Gasteiger partial charge on any atom is -0.401 e. The highest BCUT2D eigenvalue weighted by Gasteiger charge is 2.17. The molecular weight excluding hydrogens is 308 g/mol. The van der Waals surface area contributed by atoms with E-state index in [4.69, 9.17) is 4.42 Å². The summed E-state index contributed by atoms with van der Waals surface area (Å²) in [6.07, 6.45) is 0. The number of amides is 1. The maximum atomic E-state index is 13.5. The van der Waals surface area contributed by atoms with Gasteiger partial charge in [0, 0.05) is 18.8 Å². The summed E-state index contributed by atoms with van der Waals surface area (Å²) >= 11 is 0. The highest BCUT2D eigenvalue weighted by atomic mass is 19.1. The molecule has 0 aliphatic heterocycles. The van der Waals surface area contributed by atoms with Gasteiger partial charge in [0.15, 0.2) is 0 Å². The van der Waals surface area contributed by atoms with E-state index in [2.05, 4.69) is 20.6 Å². The van der Waals surface area contributed by atoms with Crippen LogP contribution < -0.4 is 5.32 Å². The summed E-state index contributed by atoms with van der Waals surface area (Å²) in [5.41, 5.74) is 1.00. The fourth-order valence-electron chi connectivity index (χ4n) is 1.88. The van der Waals surface area contributed by atoms with Crippen LogP contribution in [0.15, 0.2) is 28.7 Å². The van der Waals surface area contributed by atoms with Crippen LogP contribution in [0.5, 0.6) is 0 Å². The van der Waals surface area contributed by atoms with Gasteiger partial charge >= 0.3 is 6.01 Å². The topological polar surface area (TPSA) is 85.8 Å². The molecule has 2 heterocycles. The predicted octanol–water partition coefficient (Wildman–Crippen LogP) is 2.31. The Morgan fingerprint density at radius 2 is 2.04 bits per heavy atom. The van der Waals surface area contributed by atoms with Crippen molar-refractivity contribution in [3.8, 4) is 11.6 Å². The van der Waals surface area contributed by atoms with Gasteiger partial charge in [0.1, 0.15) is 17.3 Å². The lowest BCUT2D eigenvalue weighted by molar-refractivity contribution is 0.102. The number of hydrogen-bond acceptors (Lipinski definition) is 5. The molecule has 23 heavy (non-hydrogen) atoms. The second-order valence-electron chi connectivity index (χ2n) is 4.79. The summed E-state index contributed by atoms with van der Waals surface area (Å²) in [7, 11) is 1.76. The van der Waals surface area contributed by atoms with Gasteiger partial charge in [-0.2, -0.15) is 5.10 Å². The number of carbonyl (C=O) groups is 1. The summed E-state index contributed by atoms with van der Waals surface area (Å²) in [5, 5.41) is 13.8. The van der Waals surface area contributed by atoms with Gasteiger partial charge in [-0.3, -0.25) is 14.8 Å². The molecule has 9 heteroatoms. The van der Waals surface area contributed by atoms with E-state index in [0.717, 1.165) is 17.8 Å². The van der Waals surface area contributed by atoms with Gasteiger partial charge in [-0.05, 0) is 25.1 Å². The quantitative estimate of drug-likeness (QED) is 0.800. The smallest absolute Gasteiger partial charge is 0.322 e.